The van der Waals surface area contributed by atoms with Crippen LogP contribution in [0, 0.1) is 16.4 Å². The first-order valence-electron chi connectivity index (χ1n) is 5.86. The van der Waals surface area contributed by atoms with E-state index in [9.17, 15) is 8.78 Å². The molecule has 0 atom stereocenters. The van der Waals surface area contributed by atoms with Crippen LogP contribution in [-0.4, -0.2) is 9.55 Å². The number of halogens is 3. The second-order valence-electron chi connectivity index (χ2n) is 4.32. The molecule has 0 bridgehead atoms. The zero-order chi connectivity index (χ0) is 14.3. The van der Waals surface area contributed by atoms with E-state index in [-0.39, 0.29) is 5.52 Å². The number of aryl methyl sites for hydroxylation is 2. The van der Waals surface area contributed by atoms with Crippen LogP contribution in [-0.2, 0) is 13.0 Å². The smallest absolute Gasteiger partial charge is 0.178 e. The van der Waals surface area contributed by atoms with Crippen molar-refractivity contribution in [3.05, 3.63) is 49.3 Å². The maximum atomic E-state index is 13.7. The van der Waals surface area contributed by atoms with Gasteiger partial charge < -0.3 is 9.55 Å². The van der Waals surface area contributed by atoms with E-state index < -0.39 is 11.6 Å². The van der Waals surface area contributed by atoms with Crippen LogP contribution in [0.5, 0.6) is 0 Å². The van der Waals surface area contributed by atoms with Gasteiger partial charge in [-0.2, -0.15) is 0 Å². The predicted octanol–water partition coefficient (Wildman–Crippen LogP) is 5.04. The van der Waals surface area contributed by atoms with E-state index >= 15 is 0 Å². The molecular weight excluding hydrogens is 366 g/mol. The number of imidazole rings is 1. The number of aromatic amines is 1. The van der Waals surface area contributed by atoms with Crippen molar-refractivity contribution in [3.63, 3.8) is 0 Å². The third-order valence-electron chi connectivity index (χ3n) is 3.01. The van der Waals surface area contributed by atoms with E-state index in [2.05, 4.69) is 20.9 Å². The Hall–Kier alpha value is -1.05. The molecule has 0 saturated heterocycles. The lowest BCUT2D eigenvalue weighted by molar-refractivity contribution is 0.589. The molecule has 3 rings (SSSR count). The Morgan fingerprint density at radius 2 is 2.10 bits per heavy atom. The summed E-state index contributed by atoms with van der Waals surface area (Å²) < 4.78 is 30.2. The second kappa shape index (κ2) is 5.38. The number of benzene rings is 1. The van der Waals surface area contributed by atoms with Crippen molar-refractivity contribution in [1.29, 1.82) is 0 Å². The topological polar surface area (TPSA) is 20.7 Å². The summed E-state index contributed by atoms with van der Waals surface area (Å²) >= 11 is 10.2. The third kappa shape index (κ3) is 2.57. The monoisotopic (exact) mass is 374 g/mol. The van der Waals surface area contributed by atoms with Crippen LogP contribution < -0.4 is 0 Å². The molecule has 0 unspecified atom stereocenters. The molecule has 7 heteroatoms. The summed E-state index contributed by atoms with van der Waals surface area (Å²) in [4.78, 5) is 3.98. The standard InChI is InChI=1S/C13H9BrF2N2S2/c14-11-2-1-8(20-11)3-4-18-10-6-7(15)5-9(16)12(10)17-13(18)19/h1-2,5-6H,3-4H2,(H,17,19). The van der Waals surface area contributed by atoms with Crippen LogP contribution >= 0.6 is 39.5 Å². The van der Waals surface area contributed by atoms with Crippen molar-refractivity contribution >= 4 is 50.5 Å². The van der Waals surface area contributed by atoms with Crippen molar-refractivity contribution in [2.75, 3.05) is 0 Å². The average molecular weight is 375 g/mol. The van der Waals surface area contributed by atoms with Crippen LogP contribution in [0.4, 0.5) is 8.78 Å². The van der Waals surface area contributed by atoms with Gasteiger partial charge in [-0.05, 0) is 52.8 Å². The quantitative estimate of drug-likeness (QED) is 0.636. The molecule has 0 aliphatic rings. The van der Waals surface area contributed by atoms with Gasteiger partial charge in [-0.25, -0.2) is 8.78 Å². The Balaban J connectivity index is 1.98. The van der Waals surface area contributed by atoms with Crippen LogP contribution in [0.25, 0.3) is 11.0 Å². The molecule has 2 nitrogen and oxygen atoms in total. The number of hydrogen-bond acceptors (Lipinski definition) is 2. The first kappa shape index (κ1) is 13.9. The maximum absolute atomic E-state index is 13.7. The highest BCUT2D eigenvalue weighted by Gasteiger charge is 2.11. The van der Waals surface area contributed by atoms with E-state index in [1.165, 1.54) is 10.9 Å². The van der Waals surface area contributed by atoms with Crippen LogP contribution in [0.1, 0.15) is 4.88 Å². The molecule has 1 N–H and O–H groups in total. The van der Waals surface area contributed by atoms with E-state index in [4.69, 9.17) is 12.2 Å². The summed E-state index contributed by atoms with van der Waals surface area (Å²) in [6.45, 7) is 0.578. The second-order valence-corrected chi connectivity index (χ2v) is 7.25. The highest BCUT2D eigenvalue weighted by Crippen LogP contribution is 2.24. The minimum atomic E-state index is -0.622. The van der Waals surface area contributed by atoms with Crippen LogP contribution in [0.15, 0.2) is 28.1 Å². The van der Waals surface area contributed by atoms with Gasteiger partial charge in [0.15, 0.2) is 10.6 Å². The SMILES string of the molecule is Fc1cc(F)c2[nH]c(=S)n(CCc3ccc(Br)s3)c2c1. The fourth-order valence-electron chi connectivity index (χ4n) is 2.11. The van der Waals surface area contributed by atoms with Gasteiger partial charge in [0.25, 0.3) is 0 Å². The first-order valence-corrected chi connectivity index (χ1v) is 7.88. The van der Waals surface area contributed by atoms with Crippen LogP contribution in [0.2, 0.25) is 0 Å². The molecule has 20 heavy (non-hydrogen) atoms. The van der Waals surface area contributed by atoms with Crippen molar-refractivity contribution < 1.29 is 8.78 Å². The highest BCUT2D eigenvalue weighted by molar-refractivity contribution is 9.11. The number of fused-ring (bicyclic) bond motifs is 1. The molecule has 0 aliphatic heterocycles. The molecule has 0 aliphatic carbocycles. The Labute approximate surface area is 131 Å². The minimum absolute atomic E-state index is 0.253. The van der Waals surface area contributed by atoms with Crippen LogP contribution in [0.3, 0.4) is 0 Å². The number of aromatic nitrogens is 2. The minimum Gasteiger partial charge on any atom is -0.328 e. The molecule has 3 aromatic rings. The van der Waals surface area contributed by atoms with E-state index in [0.29, 0.717) is 16.8 Å². The van der Waals surface area contributed by atoms with E-state index in [1.807, 2.05) is 12.1 Å². The zero-order valence-corrected chi connectivity index (χ0v) is 13.3. The lowest BCUT2D eigenvalue weighted by atomic mass is 10.3. The number of nitrogens with zero attached hydrogens (tertiary/aromatic N) is 1. The Morgan fingerprint density at radius 3 is 2.80 bits per heavy atom. The van der Waals surface area contributed by atoms with E-state index in [1.54, 1.807) is 15.9 Å². The summed E-state index contributed by atoms with van der Waals surface area (Å²) in [6, 6.07) is 6.16. The fourth-order valence-corrected chi connectivity index (χ4v) is 3.87. The van der Waals surface area contributed by atoms with Crippen molar-refractivity contribution in [1.82, 2.24) is 9.55 Å². The number of H-pyrrole nitrogens is 1. The van der Waals surface area contributed by atoms with Gasteiger partial charge >= 0.3 is 0 Å². The lowest BCUT2D eigenvalue weighted by Crippen LogP contribution is -2.00. The summed E-state index contributed by atoms with van der Waals surface area (Å²) in [6.07, 6.45) is 0.760. The molecule has 2 aromatic heterocycles. The molecule has 0 radical (unpaired) electrons. The lowest BCUT2D eigenvalue weighted by Gasteiger charge is -2.03. The van der Waals surface area contributed by atoms with Gasteiger partial charge in [0.1, 0.15) is 11.3 Å². The molecule has 1 aromatic carbocycles. The Kier molecular flexibility index (Phi) is 3.74. The largest absolute Gasteiger partial charge is 0.328 e. The van der Waals surface area contributed by atoms with Crippen molar-refractivity contribution in [2.45, 2.75) is 13.0 Å². The zero-order valence-electron chi connectivity index (χ0n) is 10.1. The number of hydrogen-bond donors (Lipinski definition) is 1. The van der Waals surface area contributed by atoms with Gasteiger partial charge in [0, 0.05) is 17.5 Å². The third-order valence-corrected chi connectivity index (χ3v) is 5.02. The first-order chi connectivity index (χ1) is 9.54. The maximum Gasteiger partial charge on any atom is 0.178 e. The molecule has 0 spiro atoms. The molecule has 0 fully saturated rings. The normalized spacial score (nSPS) is 11.3. The average Bonchev–Trinajstić information content (AvgIpc) is 2.91. The van der Waals surface area contributed by atoms with Gasteiger partial charge in [0.05, 0.1) is 9.30 Å². The van der Waals surface area contributed by atoms with Gasteiger partial charge in [-0.15, -0.1) is 11.3 Å². The fraction of sp³-hybridized carbons (Fsp3) is 0.154. The number of thiophene rings is 1. The van der Waals surface area contributed by atoms with Gasteiger partial charge in [-0.1, -0.05) is 0 Å². The molecule has 2 heterocycles. The summed E-state index contributed by atoms with van der Waals surface area (Å²) in [7, 11) is 0. The number of rotatable bonds is 3. The van der Waals surface area contributed by atoms with Crippen molar-refractivity contribution in [2.24, 2.45) is 0 Å². The molecule has 0 saturated carbocycles. The van der Waals surface area contributed by atoms with Gasteiger partial charge in [-0.3, -0.25) is 0 Å². The molecule has 104 valence electrons. The number of nitrogens with one attached hydrogen (secondary N) is 1. The summed E-state index contributed by atoms with van der Waals surface area (Å²) in [5, 5.41) is 0. The Morgan fingerprint density at radius 1 is 1.30 bits per heavy atom. The molecule has 0 amide bonds. The van der Waals surface area contributed by atoms with E-state index in [0.717, 1.165) is 16.3 Å². The highest BCUT2D eigenvalue weighted by atomic mass is 79.9. The predicted molar refractivity (Wildman–Crippen MR) is 82.8 cm³/mol. The Bertz CT molecular complexity index is 835. The van der Waals surface area contributed by atoms with Crippen molar-refractivity contribution in [3.8, 4) is 0 Å². The summed E-state index contributed by atoms with van der Waals surface area (Å²) in [5.41, 5.74) is 0.715. The summed E-state index contributed by atoms with van der Waals surface area (Å²) in [5.74, 6) is -1.22. The van der Waals surface area contributed by atoms with Gasteiger partial charge in [0.2, 0.25) is 0 Å². The molecular formula is C13H9BrF2N2S2.